The van der Waals surface area contributed by atoms with Crippen LogP contribution in [0, 0.1) is 6.92 Å². The molecule has 0 aromatic heterocycles. The monoisotopic (exact) mass is 347 g/mol. The van der Waals surface area contributed by atoms with E-state index in [9.17, 15) is 8.42 Å². The maximum absolute atomic E-state index is 13.1. The maximum atomic E-state index is 13.1. The Labute approximate surface area is 140 Å². The highest BCUT2D eigenvalue weighted by Crippen LogP contribution is 2.38. The second kappa shape index (κ2) is 5.59. The first-order chi connectivity index (χ1) is 11.6. The molecule has 2 heterocycles. The van der Waals surface area contributed by atoms with Gasteiger partial charge in [-0.3, -0.25) is 4.31 Å². The zero-order chi connectivity index (χ0) is 16.7. The third-order valence-corrected chi connectivity index (χ3v) is 5.85. The van der Waals surface area contributed by atoms with Crippen molar-refractivity contribution < 1.29 is 22.6 Å². The summed E-state index contributed by atoms with van der Waals surface area (Å²) in [6.07, 6.45) is 0. The highest BCUT2D eigenvalue weighted by atomic mass is 32.2. The topological polar surface area (TPSA) is 65.1 Å². The first-order valence-corrected chi connectivity index (χ1v) is 9.15. The number of rotatable bonds is 2. The van der Waals surface area contributed by atoms with E-state index in [2.05, 4.69) is 0 Å². The molecule has 4 rings (SSSR count). The molecule has 6 nitrogen and oxygen atoms in total. The van der Waals surface area contributed by atoms with Crippen molar-refractivity contribution in [1.82, 2.24) is 0 Å². The van der Waals surface area contributed by atoms with Crippen LogP contribution in [-0.2, 0) is 10.0 Å². The Balaban J connectivity index is 1.78. The van der Waals surface area contributed by atoms with E-state index in [4.69, 9.17) is 14.2 Å². The molecular formula is C17H17NO5S. The molecule has 0 fully saturated rings. The molecule has 2 aromatic rings. The van der Waals surface area contributed by atoms with Crippen molar-refractivity contribution in [2.45, 2.75) is 11.8 Å². The number of ether oxygens (including phenoxy) is 3. The van der Waals surface area contributed by atoms with Crippen molar-refractivity contribution in [2.75, 3.05) is 30.7 Å². The molecule has 0 amide bonds. The normalized spacial score (nSPS) is 16.3. The standard InChI is InChI=1S/C17H17NO5S/c1-12-2-4-15-14(10-12)18(6-7-21-15)24(19,20)13-3-5-16-17(11-13)23-9-8-22-16/h2-5,10-11H,6-9H2,1H3. The molecule has 0 unspecified atom stereocenters. The van der Waals surface area contributed by atoms with Crippen LogP contribution in [0.3, 0.4) is 0 Å². The van der Waals surface area contributed by atoms with E-state index in [1.165, 1.54) is 10.4 Å². The van der Waals surface area contributed by atoms with Crippen LogP contribution in [0.1, 0.15) is 5.56 Å². The molecule has 0 aliphatic carbocycles. The van der Waals surface area contributed by atoms with E-state index in [-0.39, 0.29) is 11.4 Å². The fourth-order valence-corrected chi connectivity index (χ4v) is 4.33. The van der Waals surface area contributed by atoms with Crippen molar-refractivity contribution in [2.24, 2.45) is 0 Å². The number of nitrogens with zero attached hydrogens (tertiary/aromatic N) is 1. The van der Waals surface area contributed by atoms with Crippen LogP contribution >= 0.6 is 0 Å². The van der Waals surface area contributed by atoms with Crippen LogP contribution in [0.25, 0.3) is 0 Å². The fraction of sp³-hybridized carbons (Fsp3) is 0.294. The SMILES string of the molecule is Cc1ccc2c(c1)N(S(=O)(=O)c1ccc3c(c1)OCCO3)CCO2. The number of aryl methyl sites for hydroxylation is 1. The Bertz CT molecular complexity index is 894. The largest absolute Gasteiger partial charge is 0.489 e. The lowest BCUT2D eigenvalue weighted by Crippen LogP contribution is -2.38. The minimum atomic E-state index is -3.71. The summed E-state index contributed by atoms with van der Waals surface area (Å²) < 4.78 is 44.2. The van der Waals surface area contributed by atoms with Gasteiger partial charge in [0.2, 0.25) is 0 Å². The second-order valence-corrected chi connectivity index (χ2v) is 7.56. The summed E-state index contributed by atoms with van der Waals surface area (Å²) in [6, 6.07) is 10.2. The Morgan fingerprint density at radius 3 is 2.42 bits per heavy atom. The van der Waals surface area contributed by atoms with E-state index < -0.39 is 10.0 Å². The Hall–Kier alpha value is -2.41. The van der Waals surface area contributed by atoms with E-state index in [0.717, 1.165) is 5.56 Å². The van der Waals surface area contributed by atoms with Crippen molar-refractivity contribution >= 4 is 15.7 Å². The van der Waals surface area contributed by atoms with Crippen molar-refractivity contribution in [3.63, 3.8) is 0 Å². The van der Waals surface area contributed by atoms with Gasteiger partial charge in [-0.25, -0.2) is 8.42 Å². The van der Waals surface area contributed by atoms with Crippen molar-refractivity contribution in [3.8, 4) is 17.2 Å². The van der Waals surface area contributed by atoms with E-state index in [0.29, 0.717) is 42.8 Å². The van der Waals surface area contributed by atoms with Gasteiger partial charge in [-0.1, -0.05) is 6.07 Å². The van der Waals surface area contributed by atoms with E-state index >= 15 is 0 Å². The Morgan fingerprint density at radius 1 is 0.875 bits per heavy atom. The van der Waals surface area contributed by atoms with E-state index in [1.54, 1.807) is 18.2 Å². The fourth-order valence-electron chi connectivity index (χ4n) is 2.86. The van der Waals surface area contributed by atoms with E-state index in [1.807, 2.05) is 19.1 Å². The molecule has 0 N–H and O–H groups in total. The minimum Gasteiger partial charge on any atom is -0.489 e. The molecule has 0 saturated carbocycles. The predicted octanol–water partition coefficient (Wildman–Crippen LogP) is 2.35. The highest BCUT2D eigenvalue weighted by molar-refractivity contribution is 7.92. The summed E-state index contributed by atoms with van der Waals surface area (Å²) in [7, 11) is -3.71. The molecule has 0 atom stereocenters. The quantitative estimate of drug-likeness (QED) is 0.834. The predicted molar refractivity (Wildman–Crippen MR) is 88.6 cm³/mol. The van der Waals surface area contributed by atoms with Gasteiger partial charge in [0.15, 0.2) is 11.5 Å². The zero-order valence-electron chi connectivity index (χ0n) is 13.2. The molecule has 0 radical (unpaired) electrons. The second-order valence-electron chi connectivity index (χ2n) is 5.70. The molecule has 2 aliphatic rings. The maximum Gasteiger partial charge on any atom is 0.264 e. The third kappa shape index (κ3) is 2.45. The third-order valence-electron chi connectivity index (χ3n) is 4.04. The molecule has 2 aliphatic heterocycles. The van der Waals surface area contributed by atoms with Crippen LogP contribution in [-0.4, -0.2) is 34.8 Å². The van der Waals surface area contributed by atoms with Gasteiger partial charge in [0.05, 0.1) is 17.1 Å². The summed E-state index contributed by atoms with van der Waals surface area (Å²) in [4.78, 5) is 0.182. The first-order valence-electron chi connectivity index (χ1n) is 7.71. The minimum absolute atomic E-state index is 0.182. The van der Waals surface area contributed by atoms with Crippen LogP contribution in [0.15, 0.2) is 41.3 Å². The molecular weight excluding hydrogens is 330 g/mol. The van der Waals surface area contributed by atoms with Gasteiger partial charge < -0.3 is 14.2 Å². The molecule has 2 aromatic carbocycles. The molecule has 0 bridgehead atoms. The number of benzene rings is 2. The van der Waals surface area contributed by atoms with Crippen LogP contribution in [0.4, 0.5) is 5.69 Å². The van der Waals surface area contributed by atoms with Crippen LogP contribution < -0.4 is 18.5 Å². The lowest BCUT2D eigenvalue weighted by atomic mass is 10.2. The molecule has 24 heavy (non-hydrogen) atoms. The van der Waals surface area contributed by atoms with Crippen LogP contribution in [0.5, 0.6) is 17.2 Å². The van der Waals surface area contributed by atoms with Gasteiger partial charge in [-0.05, 0) is 36.8 Å². The number of sulfonamides is 1. The van der Waals surface area contributed by atoms with Gasteiger partial charge in [-0.2, -0.15) is 0 Å². The lowest BCUT2D eigenvalue weighted by molar-refractivity contribution is 0.171. The molecule has 7 heteroatoms. The molecule has 126 valence electrons. The van der Waals surface area contributed by atoms with Gasteiger partial charge >= 0.3 is 0 Å². The molecule has 0 spiro atoms. The summed E-state index contributed by atoms with van der Waals surface area (Å²) in [6.45, 7) is 3.39. The Kier molecular flexibility index (Phi) is 3.53. The lowest BCUT2D eigenvalue weighted by Gasteiger charge is -2.31. The van der Waals surface area contributed by atoms with Gasteiger partial charge in [0, 0.05) is 6.07 Å². The summed E-state index contributed by atoms with van der Waals surface area (Å²) in [5, 5.41) is 0. The van der Waals surface area contributed by atoms with Crippen LogP contribution in [0.2, 0.25) is 0 Å². The number of hydrogen-bond acceptors (Lipinski definition) is 5. The highest BCUT2D eigenvalue weighted by Gasteiger charge is 2.31. The number of hydrogen-bond donors (Lipinski definition) is 0. The number of fused-ring (bicyclic) bond motifs is 2. The van der Waals surface area contributed by atoms with Crippen molar-refractivity contribution in [1.29, 1.82) is 0 Å². The smallest absolute Gasteiger partial charge is 0.264 e. The summed E-state index contributed by atoms with van der Waals surface area (Å²) in [5.74, 6) is 1.60. The first kappa shape index (κ1) is 15.1. The van der Waals surface area contributed by atoms with Gasteiger partial charge in [-0.15, -0.1) is 0 Å². The average molecular weight is 347 g/mol. The summed E-state index contributed by atoms with van der Waals surface area (Å²) >= 11 is 0. The van der Waals surface area contributed by atoms with Gasteiger partial charge in [0.25, 0.3) is 10.0 Å². The molecule has 0 saturated heterocycles. The zero-order valence-corrected chi connectivity index (χ0v) is 14.0. The van der Waals surface area contributed by atoms with Crippen molar-refractivity contribution in [3.05, 3.63) is 42.0 Å². The Morgan fingerprint density at radius 2 is 1.58 bits per heavy atom. The summed E-state index contributed by atoms with van der Waals surface area (Å²) in [5.41, 5.74) is 1.54. The van der Waals surface area contributed by atoms with Gasteiger partial charge in [0.1, 0.15) is 25.6 Å². The number of anilines is 1. The average Bonchev–Trinajstić information content (AvgIpc) is 2.60.